The molecule has 0 saturated heterocycles. The van der Waals surface area contributed by atoms with E-state index in [-0.39, 0.29) is 5.78 Å². The predicted octanol–water partition coefficient (Wildman–Crippen LogP) is 5.72. The molecule has 0 aliphatic heterocycles. The molecule has 0 aliphatic rings. The number of para-hydroxylation sites is 1. The Hall–Kier alpha value is -2.40. The number of hydrogen-bond donors (Lipinski definition) is 0. The highest BCUT2D eigenvalue weighted by Crippen LogP contribution is 2.26. The molecule has 128 valence electrons. The number of fused-ring (bicyclic) bond motifs is 1. The number of carbonyl (C=O) groups is 1. The Bertz CT molecular complexity index is 1070. The summed E-state index contributed by atoms with van der Waals surface area (Å²) in [5.74, 6) is 0.0876. The first kappa shape index (κ1) is 17.0. The van der Waals surface area contributed by atoms with Crippen molar-refractivity contribution in [1.82, 2.24) is 4.57 Å². The second-order valence-electron chi connectivity index (χ2n) is 6.30. The van der Waals surface area contributed by atoms with Crippen LogP contribution in [0.5, 0.6) is 0 Å². The number of benzene rings is 3. The molecular weight excluding hydrogens is 433 g/mol. The largest absolute Gasteiger partial charge is 0.346 e. The molecule has 1 heterocycles. The van der Waals surface area contributed by atoms with Gasteiger partial charge < -0.3 is 4.57 Å². The quantitative estimate of drug-likeness (QED) is 0.281. The average Bonchev–Trinajstić information content (AvgIpc) is 3.06. The number of aromatic nitrogens is 1. The second-order valence-corrected chi connectivity index (χ2v) is 7.46. The minimum Gasteiger partial charge on any atom is -0.346 e. The Labute approximate surface area is 166 Å². The Morgan fingerprint density at radius 3 is 2.31 bits per heavy atom. The lowest BCUT2D eigenvalue weighted by molar-refractivity contribution is 0.103. The van der Waals surface area contributed by atoms with E-state index in [9.17, 15) is 4.79 Å². The van der Waals surface area contributed by atoms with Gasteiger partial charge in [0.25, 0.3) is 0 Å². The van der Waals surface area contributed by atoms with Crippen LogP contribution in [0, 0.1) is 3.57 Å². The summed E-state index contributed by atoms with van der Waals surface area (Å²) in [5.41, 5.74) is 3.95. The van der Waals surface area contributed by atoms with Gasteiger partial charge in [-0.2, -0.15) is 0 Å². The van der Waals surface area contributed by atoms with Gasteiger partial charge in [-0.15, -0.1) is 0 Å². The zero-order valence-electron chi connectivity index (χ0n) is 14.2. The zero-order valence-corrected chi connectivity index (χ0v) is 16.4. The van der Waals surface area contributed by atoms with Crippen molar-refractivity contribution in [3.8, 4) is 0 Å². The molecule has 0 atom stereocenters. The van der Waals surface area contributed by atoms with E-state index in [4.69, 9.17) is 0 Å². The number of ketones is 1. The highest BCUT2D eigenvalue weighted by molar-refractivity contribution is 14.1. The van der Waals surface area contributed by atoms with Crippen molar-refractivity contribution in [2.75, 3.05) is 0 Å². The normalized spacial score (nSPS) is 11.0. The summed E-state index contributed by atoms with van der Waals surface area (Å²) in [6.07, 6.45) is 2.95. The molecule has 0 bridgehead atoms. The fourth-order valence-corrected chi connectivity index (χ4v) is 3.93. The molecule has 0 saturated carbocycles. The molecule has 2 nitrogen and oxygen atoms in total. The molecule has 0 fully saturated rings. The van der Waals surface area contributed by atoms with Crippen LogP contribution in [0.25, 0.3) is 10.9 Å². The number of halogens is 1. The van der Waals surface area contributed by atoms with Crippen LogP contribution >= 0.6 is 22.6 Å². The van der Waals surface area contributed by atoms with Crippen molar-refractivity contribution in [2.24, 2.45) is 0 Å². The van der Waals surface area contributed by atoms with E-state index in [0.717, 1.165) is 38.6 Å². The summed E-state index contributed by atoms with van der Waals surface area (Å²) in [5, 5.41) is 1.02. The lowest BCUT2D eigenvalue weighted by Crippen LogP contribution is -2.03. The third kappa shape index (κ3) is 3.31. The Balaban J connectivity index is 1.72. The van der Waals surface area contributed by atoms with Crippen LogP contribution in [0.3, 0.4) is 0 Å². The lowest BCUT2D eigenvalue weighted by Gasteiger charge is -2.05. The van der Waals surface area contributed by atoms with Crippen LogP contribution in [-0.4, -0.2) is 10.4 Å². The third-order valence-electron chi connectivity index (χ3n) is 4.64. The molecule has 4 aromatic rings. The van der Waals surface area contributed by atoms with Crippen LogP contribution in [0.1, 0.15) is 21.5 Å². The number of nitrogens with zero attached hydrogens (tertiary/aromatic N) is 1. The first-order valence-electron chi connectivity index (χ1n) is 8.65. The summed E-state index contributed by atoms with van der Waals surface area (Å²) in [7, 11) is 0. The van der Waals surface area contributed by atoms with E-state index in [0.29, 0.717) is 0 Å². The van der Waals surface area contributed by atoms with Crippen molar-refractivity contribution in [3.63, 3.8) is 0 Å². The lowest BCUT2D eigenvalue weighted by atomic mass is 10.0. The van der Waals surface area contributed by atoms with Crippen molar-refractivity contribution >= 4 is 39.3 Å². The molecule has 0 aliphatic carbocycles. The minimum absolute atomic E-state index is 0.0876. The molecule has 1 aromatic heterocycles. The molecule has 0 spiro atoms. The van der Waals surface area contributed by atoms with Crippen LogP contribution in [0.2, 0.25) is 0 Å². The van der Waals surface area contributed by atoms with Crippen molar-refractivity contribution in [2.45, 2.75) is 13.0 Å². The molecule has 0 unspecified atom stereocenters. The molecular formula is C23H18INO. The Morgan fingerprint density at radius 2 is 1.50 bits per heavy atom. The van der Waals surface area contributed by atoms with E-state index in [1.54, 1.807) is 0 Å². The first-order valence-corrected chi connectivity index (χ1v) is 9.73. The average molecular weight is 451 g/mol. The van der Waals surface area contributed by atoms with Gasteiger partial charge >= 0.3 is 0 Å². The summed E-state index contributed by atoms with van der Waals surface area (Å²) in [6.45, 7) is 0.851. The highest BCUT2D eigenvalue weighted by atomic mass is 127. The minimum atomic E-state index is 0.0876. The Morgan fingerprint density at radius 1 is 0.808 bits per heavy atom. The van der Waals surface area contributed by atoms with Gasteiger partial charge in [-0.1, -0.05) is 60.7 Å². The summed E-state index contributed by atoms with van der Waals surface area (Å²) >= 11 is 2.23. The third-order valence-corrected chi connectivity index (χ3v) is 5.58. The van der Waals surface area contributed by atoms with Crippen molar-refractivity contribution in [3.05, 3.63) is 105 Å². The fourth-order valence-electron chi connectivity index (χ4n) is 3.30. The Kier molecular flexibility index (Phi) is 4.89. The highest BCUT2D eigenvalue weighted by Gasteiger charge is 2.18. The SMILES string of the molecule is O=C(c1ccccc1I)c1cn(CCc2ccccc2)c2ccccc12. The molecule has 0 radical (unpaired) electrons. The van der Waals surface area contributed by atoms with Gasteiger partial charge in [0.05, 0.1) is 0 Å². The van der Waals surface area contributed by atoms with Gasteiger partial charge in [0.2, 0.25) is 0 Å². The molecule has 3 aromatic carbocycles. The van der Waals surface area contributed by atoms with Crippen molar-refractivity contribution < 1.29 is 4.79 Å². The molecule has 0 amide bonds. The summed E-state index contributed by atoms with van der Waals surface area (Å²) < 4.78 is 3.18. The number of hydrogen-bond acceptors (Lipinski definition) is 1. The number of carbonyl (C=O) groups excluding carboxylic acids is 1. The molecule has 4 rings (SSSR count). The summed E-state index contributed by atoms with van der Waals surface area (Å²) in [4.78, 5) is 13.2. The van der Waals surface area contributed by atoms with Gasteiger partial charge in [-0.25, -0.2) is 0 Å². The van der Waals surface area contributed by atoms with Gasteiger partial charge in [0.15, 0.2) is 5.78 Å². The van der Waals surface area contributed by atoms with Crippen LogP contribution in [0.15, 0.2) is 85.1 Å². The topological polar surface area (TPSA) is 22.0 Å². The summed E-state index contributed by atoms with van der Waals surface area (Å²) in [6, 6.07) is 26.4. The molecule has 26 heavy (non-hydrogen) atoms. The van der Waals surface area contributed by atoms with E-state index < -0.39 is 0 Å². The van der Waals surface area contributed by atoms with E-state index in [1.807, 2.05) is 54.7 Å². The number of rotatable bonds is 5. The van der Waals surface area contributed by atoms with Crippen LogP contribution in [-0.2, 0) is 13.0 Å². The second kappa shape index (κ2) is 7.46. The standard InChI is InChI=1S/C23H18INO/c24-21-12-6-4-11-19(21)23(26)20-16-25(22-13-7-5-10-18(20)22)15-14-17-8-2-1-3-9-17/h1-13,16H,14-15H2. The van der Waals surface area contributed by atoms with Crippen LogP contribution in [0.4, 0.5) is 0 Å². The van der Waals surface area contributed by atoms with Gasteiger partial charge in [-0.3, -0.25) is 4.79 Å². The van der Waals surface area contributed by atoms with Gasteiger partial charge in [0, 0.05) is 38.3 Å². The monoisotopic (exact) mass is 451 g/mol. The van der Waals surface area contributed by atoms with Crippen LogP contribution < -0.4 is 0 Å². The maximum atomic E-state index is 13.2. The predicted molar refractivity (Wildman–Crippen MR) is 115 cm³/mol. The smallest absolute Gasteiger partial charge is 0.196 e. The zero-order chi connectivity index (χ0) is 17.9. The van der Waals surface area contributed by atoms with E-state index in [2.05, 4.69) is 57.5 Å². The first-order chi connectivity index (χ1) is 12.7. The molecule has 3 heteroatoms. The van der Waals surface area contributed by atoms with E-state index >= 15 is 0 Å². The van der Waals surface area contributed by atoms with Gasteiger partial charge in [-0.05, 0) is 52.8 Å². The maximum absolute atomic E-state index is 13.2. The molecule has 0 N–H and O–H groups in total. The van der Waals surface area contributed by atoms with Crippen molar-refractivity contribution in [1.29, 1.82) is 0 Å². The number of aryl methyl sites for hydroxylation is 2. The fraction of sp³-hybridized carbons (Fsp3) is 0.0870. The van der Waals surface area contributed by atoms with E-state index in [1.165, 1.54) is 5.56 Å². The maximum Gasteiger partial charge on any atom is 0.196 e. The van der Waals surface area contributed by atoms with Gasteiger partial charge in [0.1, 0.15) is 0 Å².